The lowest BCUT2D eigenvalue weighted by atomic mass is 9.95. The van der Waals surface area contributed by atoms with Gasteiger partial charge < -0.3 is 19.7 Å². The summed E-state index contributed by atoms with van der Waals surface area (Å²) in [6, 6.07) is 5.68. The first kappa shape index (κ1) is 19.7. The first-order valence-electron chi connectivity index (χ1n) is 10.4. The highest BCUT2D eigenvalue weighted by molar-refractivity contribution is 6.36. The summed E-state index contributed by atoms with van der Waals surface area (Å²) in [5.41, 5.74) is 0.775. The van der Waals surface area contributed by atoms with Gasteiger partial charge in [-0.2, -0.15) is 0 Å². The summed E-state index contributed by atoms with van der Waals surface area (Å²) in [6.45, 7) is 1.08. The quantitative estimate of drug-likeness (QED) is 0.683. The molecule has 0 unspecified atom stereocenters. The molecule has 2 aliphatic rings. The molecular formula is C22H29ClN2O3. The monoisotopic (exact) mass is 404 g/mol. The van der Waals surface area contributed by atoms with E-state index in [1.165, 1.54) is 38.5 Å². The molecule has 5 nitrogen and oxygen atoms in total. The van der Waals surface area contributed by atoms with Crippen LogP contribution < -0.4 is 5.32 Å². The zero-order valence-corrected chi connectivity index (χ0v) is 17.0. The van der Waals surface area contributed by atoms with E-state index < -0.39 is 5.60 Å². The van der Waals surface area contributed by atoms with Crippen LogP contribution in [0.3, 0.4) is 0 Å². The van der Waals surface area contributed by atoms with Gasteiger partial charge in [-0.15, -0.1) is 0 Å². The molecule has 0 radical (unpaired) electrons. The molecular weight excluding hydrogens is 376 g/mol. The van der Waals surface area contributed by atoms with E-state index in [1.54, 1.807) is 0 Å². The number of aromatic nitrogens is 1. The van der Waals surface area contributed by atoms with Crippen LogP contribution in [-0.2, 0) is 16.1 Å². The number of hydrogen-bond acceptors (Lipinski definition) is 3. The molecule has 1 aromatic carbocycles. The fourth-order valence-electron chi connectivity index (χ4n) is 4.48. The number of rotatable bonds is 6. The minimum absolute atomic E-state index is 0.0360. The summed E-state index contributed by atoms with van der Waals surface area (Å²) < 4.78 is 7.12. The maximum Gasteiger partial charge on any atom is 0.224 e. The predicted octanol–water partition coefficient (Wildman–Crippen LogP) is 4.75. The van der Waals surface area contributed by atoms with Crippen molar-refractivity contribution in [3.8, 4) is 0 Å². The van der Waals surface area contributed by atoms with Crippen molar-refractivity contribution < 1.29 is 14.6 Å². The molecule has 1 aliphatic heterocycles. The third-order valence-corrected chi connectivity index (χ3v) is 6.40. The zero-order chi connectivity index (χ0) is 19.6. The van der Waals surface area contributed by atoms with E-state index in [9.17, 15) is 9.90 Å². The van der Waals surface area contributed by atoms with Crippen molar-refractivity contribution in [3.05, 3.63) is 29.4 Å². The highest BCUT2D eigenvalue weighted by Crippen LogP contribution is 2.34. The normalized spacial score (nSPS) is 19.9. The van der Waals surface area contributed by atoms with Crippen molar-refractivity contribution >= 4 is 34.1 Å². The van der Waals surface area contributed by atoms with E-state index in [0.29, 0.717) is 37.1 Å². The van der Waals surface area contributed by atoms with Crippen molar-refractivity contribution in [2.45, 2.75) is 63.5 Å². The molecule has 1 saturated heterocycles. The Morgan fingerprint density at radius 3 is 2.68 bits per heavy atom. The second-order valence-corrected chi connectivity index (χ2v) is 8.87. The van der Waals surface area contributed by atoms with Crippen LogP contribution in [-0.4, -0.2) is 34.4 Å². The Labute approximate surface area is 171 Å². The molecule has 1 aromatic heterocycles. The van der Waals surface area contributed by atoms with E-state index in [-0.39, 0.29) is 5.91 Å². The maximum absolute atomic E-state index is 12.6. The highest BCUT2D eigenvalue weighted by Gasteiger charge is 2.37. The Bertz CT molecular complexity index is 836. The van der Waals surface area contributed by atoms with E-state index >= 15 is 0 Å². The number of anilines is 1. The fraction of sp³-hybridized carbons (Fsp3) is 0.591. The minimum atomic E-state index is -0.852. The maximum atomic E-state index is 12.6. The summed E-state index contributed by atoms with van der Waals surface area (Å²) in [5, 5.41) is 15.0. The zero-order valence-electron chi connectivity index (χ0n) is 16.3. The molecule has 2 N–H and O–H groups in total. The van der Waals surface area contributed by atoms with Gasteiger partial charge in [0.25, 0.3) is 0 Å². The summed E-state index contributed by atoms with van der Waals surface area (Å²) >= 11 is 6.44. The van der Waals surface area contributed by atoms with Gasteiger partial charge in [0.15, 0.2) is 0 Å². The predicted molar refractivity (Wildman–Crippen MR) is 112 cm³/mol. The lowest BCUT2D eigenvalue weighted by Crippen LogP contribution is -2.52. The smallest absolute Gasteiger partial charge is 0.224 e. The number of amides is 1. The second kappa shape index (κ2) is 8.44. The number of carbonyl (C=O) groups excluding carboxylic acids is 1. The minimum Gasteiger partial charge on any atom is -0.383 e. The van der Waals surface area contributed by atoms with Crippen molar-refractivity contribution in [1.29, 1.82) is 0 Å². The van der Waals surface area contributed by atoms with Gasteiger partial charge in [0, 0.05) is 18.0 Å². The Balaban J connectivity index is 1.47. The van der Waals surface area contributed by atoms with Crippen LogP contribution in [0.1, 0.15) is 51.4 Å². The van der Waals surface area contributed by atoms with Gasteiger partial charge in [0.2, 0.25) is 5.91 Å². The van der Waals surface area contributed by atoms with Crippen molar-refractivity contribution in [3.63, 3.8) is 0 Å². The molecule has 152 valence electrons. The van der Waals surface area contributed by atoms with Crippen LogP contribution in [0.25, 0.3) is 10.9 Å². The molecule has 6 heteroatoms. The molecule has 2 heterocycles. The molecule has 28 heavy (non-hydrogen) atoms. The molecule has 0 bridgehead atoms. The Hall–Kier alpha value is -1.56. The third-order valence-electron chi connectivity index (χ3n) is 6.09. The van der Waals surface area contributed by atoms with Gasteiger partial charge in [0.1, 0.15) is 5.60 Å². The van der Waals surface area contributed by atoms with Gasteiger partial charge >= 0.3 is 0 Å². The largest absolute Gasteiger partial charge is 0.383 e. The van der Waals surface area contributed by atoms with E-state index in [0.717, 1.165) is 23.0 Å². The molecule has 4 rings (SSSR count). The number of nitrogens with one attached hydrogen (secondary N) is 1. The second-order valence-electron chi connectivity index (χ2n) is 8.47. The summed E-state index contributed by atoms with van der Waals surface area (Å²) in [7, 11) is 0. The third kappa shape index (κ3) is 4.37. The van der Waals surface area contributed by atoms with E-state index in [1.807, 2.05) is 29.0 Å². The van der Waals surface area contributed by atoms with Crippen molar-refractivity contribution in [1.82, 2.24) is 4.57 Å². The van der Waals surface area contributed by atoms with Crippen LogP contribution in [0.5, 0.6) is 0 Å². The molecule has 1 amide bonds. The SMILES string of the molecule is O=C(CCC1CCCCCC1)Nc1cn(CC2(O)COC2)c2cccc(Cl)c12. The standard InChI is InChI=1S/C22H29ClN2O3/c23-17-8-5-9-19-21(17)18(12-25(19)13-22(27)14-28-15-22)24-20(26)11-10-16-6-3-1-2-4-7-16/h5,8-9,12,16,27H,1-4,6-7,10-11,13-15H2,(H,24,26). The lowest BCUT2D eigenvalue weighted by molar-refractivity contribution is -0.184. The Morgan fingerprint density at radius 2 is 2.00 bits per heavy atom. The fourth-order valence-corrected chi connectivity index (χ4v) is 4.75. The summed E-state index contributed by atoms with van der Waals surface area (Å²) in [4.78, 5) is 12.6. The molecule has 0 atom stereocenters. The molecule has 2 aromatic rings. The summed E-state index contributed by atoms with van der Waals surface area (Å²) in [5.74, 6) is 0.708. The number of hydrogen-bond donors (Lipinski definition) is 2. The van der Waals surface area contributed by atoms with Gasteiger partial charge in [-0.25, -0.2) is 0 Å². The molecule has 1 aliphatic carbocycles. The van der Waals surface area contributed by atoms with Crippen molar-refractivity contribution in [2.75, 3.05) is 18.5 Å². The average molecular weight is 405 g/mol. The number of nitrogens with zero attached hydrogens (tertiary/aromatic N) is 1. The van der Waals surface area contributed by atoms with Crippen LogP contribution in [0, 0.1) is 5.92 Å². The number of ether oxygens (including phenoxy) is 1. The van der Waals surface area contributed by atoms with Crippen LogP contribution in [0.15, 0.2) is 24.4 Å². The topological polar surface area (TPSA) is 63.5 Å². The van der Waals surface area contributed by atoms with E-state index in [2.05, 4.69) is 5.32 Å². The van der Waals surface area contributed by atoms with Gasteiger partial charge in [0.05, 0.1) is 36.0 Å². The number of carbonyl (C=O) groups is 1. The van der Waals surface area contributed by atoms with Gasteiger partial charge in [-0.3, -0.25) is 4.79 Å². The van der Waals surface area contributed by atoms with Crippen LogP contribution in [0.4, 0.5) is 5.69 Å². The van der Waals surface area contributed by atoms with Gasteiger partial charge in [-0.05, 0) is 24.5 Å². The van der Waals surface area contributed by atoms with Crippen LogP contribution >= 0.6 is 11.6 Å². The number of aliphatic hydroxyl groups is 1. The molecule has 1 saturated carbocycles. The first-order chi connectivity index (χ1) is 13.5. The number of benzene rings is 1. The highest BCUT2D eigenvalue weighted by atomic mass is 35.5. The Kier molecular flexibility index (Phi) is 5.95. The Morgan fingerprint density at radius 1 is 1.25 bits per heavy atom. The van der Waals surface area contributed by atoms with E-state index in [4.69, 9.17) is 16.3 Å². The molecule has 2 fully saturated rings. The van der Waals surface area contributed by atoms with Crippen LogP contribution in [0.2, 0.25) is 5.02 Å². The molecule has 0 spiro atoms. The van der Waals surface area contributed by atoms with Crippen molar-refractivity contribution in [2.24, 2.45) is 5.92 Å². The van der Waals surface area contributed by atoms with Gasteiger partial charge in [-0.1, -0.05) is 56.2 Å². The number of halogens is 1. The first-order valence-corrected chi connectivity index (χ1v) is 10.8. The summed E-state index contributed by atoms with van der Waals surface area (Å²) in [6.07, 6.45) is 11.1. The lowest BCUT2D eigenvalue weighted by Gasteiger charge is -2.36. The average Bonchev–Trinajstić information content (AvgIpc) is 2.82. The number of fused-ring (bicyclic) bond motifs is 1.